The Kier molecular flexibility index (Phi) is 4.16. The minimum Gasteiger partial charge on any atom is -0.350 e. The van der Waals surface area contributed by atoms with Gasteiger partial charge in [-0.2, -0.15) is 5.10 Å². The lowest BCUT2D eigenvalue weighted by Crippen LogP contribution is -2.29. The van der Waals surface area contributed by atoms with Crippen LogP contribution in [0.25, 0.3) is 0 Å². The maximum atomic E-state index is 11.9. The van der Waals surface area contributed by atoms with E-state index in [4.69, 9.17) is 0 Å². The van der Waals surface area contributed by atoms with E-state index in [9.17, 15) is 9.59 Å². The summed E-state index contributed by atoms with van der Waals surface area (Å²) in [6, 6.07) is 3.13. The highest BCUT2D eigenvalue weighted by Gasteiger charge is 2.11. The monoisotopic (exact) mass is 324 g/mol. The molecule has 19 heavy (non-hydrogen) atoms. The van der Waals surface area contributed by atoms with Crippen LogP contribution in [0.3, 0.4) is 0 Å². The highest BCUT2D eigenvalue weighted by Crippen LogP contribution is 2.13. The van der Waals surface area contributed by atoms with Gasteiger partial charge < -0.3 is 9.88 Å². The zero-order valence-corrected chi connectivity index (χ0v) is 11.9. The second-order valence-electron chi connectivity index (χ2n) is 4.01. The molecule has 0 unspecified atom stereocenters. The molecule has 100 valence electrons. The van der Waals surface area contributed by atoms with Crippen molar-refractivity contribution in [1.29, 1.82) is 0 Å². The van der Waals surface area contributed by atoms with Crippen LogP contribution in [-0.4, -0.2) is 26.8 Å². The van der Waals surface area contributed by atoms with Crippen LogP contribution in [0.15, 0.2) is 40.0 Å². The van der Waals surface area contributed by atoms with Crippen LogP contribution in [0.1, 0.15) is 10.4 Å². The third kappa shape index (κ3) is 3.31. The highest BCUT2D eigenvalue weighted by atomic mass is 79.9. The Morgan fingerprint density at radius 2 is 2.32 bits per heavy atom. The molecule has 0 saturated carbocycles. The molecular formula is C12H13BrN4O2. The maximum Gasteiger partial charge on any atom is 0.252 e. The van der Waals surface area contributed by atoms with Crippen molar-refractivity contribution in [3.63, 3.8) is 0 Å². The number of halogens is 1. The van der Waals surface area contributed by atoms with Crippen molar-refractivity contribution in [2.24, 2.45) is 7.05 Å². The minimum atomic E-state index is -0.281. The van der Waals surface area contributed by atoms with Gasteiger partial charge in [-0.25, -0.2) is 0 Å². The number of nitrogens with zero attached hydrogens (tertiary/aromatic N) is 3. The first kappa shape index (κ1) is 13.5. The zero-order valence-electron chi connectivity index (χ0n) is 10.3. The first-order valence-corrected chi connectivity index (χ1v) is 6.49. The van der Waals surface area contributed by atoms with Crippen LogP contribution < -0.4 is 10.9 Å². The Hall–Kier alpha value is -1.89. The SMILES string of the molecule is Cn1cc(Br)c(C(=O)NCCn2cccn2)cc1=O. The maximum absolute atomic E-state index is 11.9. The molecule has 2 rings (SSSR count). The van der Waals surface area contributed by atoms with E-state index < -0.39 is 0 Å². The average Bonchev–Trinajstić information content (AvgIpc) is 2.86. The summed E-state index contributed by atoms with van der Waals surface area (Å²) < 4.78 is 3.72. The molecule has 1 N–H and O–H groups in total. The van der Waals surface area contributed by atoms with E-state index >= 15 is 0 Å². The molecule has 2 heterocycles. The van der Waals surface area contributed by atoms with E-state index in [1.807, 2.05) is 12.3 Å². The van der Waals surface area contributed by atoms with Crippen LogP contribution in [0.2, 0.25) is 0 Å². The number of nitrogens with one attached hydrogen (secondary N) is 1. The predicted octanol–water partition coefficient (Wildman–Crippen LogP) is 0.774. The number of pyridine rings is 1. The van der Waals surface area contributed by atoms with E-state index in [-0.39, 0.29) is 11.5 Å². The number of rotatable bonds is 4. The van der Waals surface area contributed by atoms with Gasteiger partial charge in [-0.3, -0.25) is 14.3 Å². The first-order valence-electron chi connectivity index (χ1n) is 5.70. The summed E-state index contributed by atoms with van der Waals surface area (Å²) in [4.78, 5) is 23.4. The van der Waals surface area contributed by atoms with Gasteiger partial charge in [0, 0.05) is 42.7 Å². The van der Waals surface area contributed by atoms with Crippen molar-refractivity contribution < 1.29 is 4.79 Å². The average molecular weight is 325 g/mol. The van der Waals surface area contributed by atoms with Crippen LogP contribution in [0.5, 0.6) is 0 Å². The lowest BCUT2D eigenvalue weighted by atomic mass is 10.2. The Balaban J connectivity index is 2.00. The number of aryl methyl sites for hydroxylation is 1. The smallest absolute Gasteiger partial charge is 0.252 e. The van der Waals surface area contributed by atoms with Gasteiger partial charge in [0.05, 0.1) is 12.1 Å². The molecule has 2 aromatic heterocycles. The third-order valence-electron chi connectivity index (χ3n) is 2.61. The van der Waals surface area contributed by atoms with Crippen LogP contribution in [0, 0.1) is 0 Å². The Bertz CT molecular complexity index is 634. The van der Waals surface area contributed by atoms with E-state index in [2.05, 4.69) is 26.3 Å². The summed E-state index contributed by atoms with van der Waals surface area (Å²) in [5.41, 5.74) is 0.115. The molecule has 0 radical (unpaired) electrons. The molecule has 0 atom stereocenters. The lowest BCUT2D eigenvalue weighted by Gasteiger charge is -2.08. The molecule has 0 spiro atoms. The topological polar surface area (TPSA) is 68.9 Å². The standard InChI is InChI=1S/C12H13BrN4O2/c1-16-8-10(13)9(7-11(16)18)12(19)14-4-6-17-5-2-3-15-17/h2-3,5,7-8H,4,6H2,1H3,(H,14,19). The Morgan fingerprint density at radius 1 is 1.53 bits per heavy atom. The van der Waals surface area contributed by atoms with Crippen LogP contribution in [0.4, 0.5) is 0 Å². The van der Waals surface area contributed by atoms with Gasteiger partial charge in [0.15, 0.2) is 0 Å². The fourth-order valence-corrected chi connectivity index (χ4v) is 2.18. The minimum absolute atomic E-state index is 0.222. The highest BCUT2D eigenvalue weighted by molar-refractivity contribution is 9.10. The Morgan fingerprint density at radius 3 is 3.00 bits per heavy atom. The third-order valence-corrected chi connectivity index (χ3v) is 3.24. The molecule has 1 amide bonds. The molecule has 0 aliphatic heterocycles. The second kappa shape index (κ2) is 5.83. The summed E-state index contributed by atoms with van der Waals surface area (Å²) in [6.07, 6.45) is 5.07. The Labute approximate surface area is 118 Å². The molecule has 0 bridgehead atoms. The summed E-state index contributed by atoms with van der Waals surface area (Å²) in [5, 5.41) is 6.78. The van der Waals surface area contributed by atoms with E-state index in [0.29, 0.717) is 23.1 Å². The molecule has 2 aromatic rings. The van der Waals surface area contributed by atoms with Gasteiger partial charge >= 0.3 is 0 Å². The molecular weight excluding hydrogens is 312 g/mol. The number of hydrogen-bond donors (Lipinski definition) is 1. The molecule has 0 fully saturated rings. The van der Waals surface area contributed by atoms with Crippen LogP contribution >= 0.6 is 15.9 Å². The van der Waals surface area contributed by atoms with Gasteiger partial charge in [0.25, 0.3) is 11.5 Å². The zero-order chi connectivity index (χ0) is 13.8. The lowest BCUT2D eigenvalue weighted by molar-refractivity contribution is 0.0951. The van der Waals surface area contributed by atoms with Gasteiger partial charge in [-0.1, -0.05) is 0 Å². The number of carbonyl (C=O) groups is 1. The van der Waals surface area contributed by atoms with Crippen molar-refractivity contribution >= 4 is 21.8 Å². The number of carbonyl (C=O) groups excluding carboxylic acids is 1. The van der Waals surface area contributed by atoms with Crippen molar-refractivity contribution in [2.75, 3.05) is 6.54 Å². The molecule has 0 aromatic carbocycles. The number of aromatic nitrogens is 3. The second-order valence-corrected chi connectivity index (χ2v) is 4.86. The van der Waals surface area contributed by atoms with Gasteiger partial charge in [0.2, 0.25) is 0 Å². The fraction of sp³-hybridized carbons (Fsp3) is 0.250. The molecule has 0 saturated heterocycles. The summed E-state index contributed by atoms with van der Waals surface area (Å²) in [6.45, 7) is 1.03. The van der Waals surface area contributed by atoms with E-state index in [1.165, 1.54) is 10.6 Å². The predicted molar refractivity (Wildman–Crippen MR) is 73.9 cm³/mol. The van der Waals surface area contributed by atoms with Crippen molar-refractivity contribution in [3.05, 3.63) is 51.1 Å². The first-order chi connectivity index (χ1) is 9.08. The van der Waals surface area contributed by atoms with Crippen molar-refractivity contribution in [1.82, 2.24) is 19.7 Å². The van der Waals surface area contributed by atoms with E-state index in [1.54, 1.807) is 24.1 Å². The molecule has 0 aliphatic carbocycles. The summed E-state index contributed by atoms with van der Waals surface area (Å²) in [5.74, 6) is -0.281. The normalized spacial score (nSPS) is 10.4. The van der Waals surface area contributed by atoms with Gasteiger partial charge in [0.1, 0.15) is 0 Å². The van der Waals surface area contributed by atoms with Gasteiger partial charge in [-0.05, 0) is 22.0 Å². The van der Waals surface area contributed by atoms with Crippen molar-refractivity contribution in [2.45, 2.75) is 6.54 Å². The number of amides is 1. The molecule has 6 nitrogen and oxygen atoms in total. The summed E-state index contributed by atoms with van der Waals surface area (Å²) in [7, 11) is 1.63. The van der Waals surface area contributed by atoms with Gasteiger partial charge in [-0.15, -0.1) is 0 Å². The summed E-state index contributed by atoms with van der Waals surface area (Å²) >= 11 is 3.27. The van der Waals surface area contributed by atoms with Crippen LogP contribution in [-0.2, 0) is 13.6 Å². The molecule has 7 heteroatoms. The molecule has 0 aliphatic rings. The fourth-order valence-electron chi connectivity index (χ4n) is 1.58. The van der Waals surface area contributed by atoms with E-state index in [0.717, 1.165) is 0 Å². The number of hydrogen-bond acceptors (Lipinski definition) is 3. The quantitative estimate of drug-likeness (QED) is 0.903. The van der Waals surface area contributed by atoms with Crippen molar-refractivity contribution in [3.8, 4) is 0 Å². The largest absolute Gasteiger partial charge is 0.350 e.